The van der Waals surface area contributed by atoms with Crippen molar-refractivity contribution in [3.8, 4) is 0 Å². The Morgan fingerprint density at radius 1 is 1.38 bits per heavy atom. The number of carbonyl (C=O) groups excluding carboxylic acids is 1. The third kappa shape index (κ3) is 4.25. The number of hydrogen-bond donors (Lipinski definition) is 1. The highest BCUT2D eigenvalue weighted by atomic mass is 32.1. The molecule has 1 fully saturated rings. The van der Waals surface area contributed by atoms with E-state index in [1.165, 1.54) is 4.88 Å². The van der Waals surface area contributed by atoms with Crippen LogP contribution in [0.5, 0.6) is 0 Å². The van der Waals surface area contributed by atoms with Crippen molar-refractivity contribution in [2.45, 2.75) is 39.7 Å². The third-order valence-corrected chi connectivity index (χ3v) is 5.23. The van der Waals surface area contributed by atoms with Crippen molar-refractivity contribution in [3.05, 3.63) is 15.6 Å². The first kappa shape index (κ1) is 16.4. The third-order valence-electron chi connectivity index (χ3n) is 3.83. The lowest BCUT2D eigenvalue weighted by atomic mass is 10.1. The van der Waals surface area contributed by atoms with Gasteiger partial charge in [0.2, 0.25) is 5.91 Å². The van der Waals surface area contributed by atoms with Gasteiger partial charge in [0, 0.05) is 30.9 Å². The van der Waals surface area contributed by atoms with Crippen LogP contribution < -0.4 is 5.32 Å². The molecule has 0 bridgehead atoms. The summed E-state index contributed by atoms with van der Waals surface area (Å²) in [4.78, 5) is 19.8. The molecule has 1 saturated heterocycles. The number of nitrogens with one attached hydrogen (secondary N) is 1. The van der Waals surface area contributed by atoms with E-state index in [1.807, 2.05) is 11.8 Å². The highest BCUT2D eigenvalue weighted by Crippen LogP contribution is 2.27. The molecule has 1 N–H and O–H groups in total. The van der Waals surface area contributed by atoms with Gasteiger partial charge in [-0.25, -0.2) is 4.98 Å². The number of aromatic nitrogens is 1. The van der Waals surface area contributed by atoms with Crippen LogP contribution in [0, 0.1) is 13.8 Å². The van der Waals surface area contributed by atoms with E-state index in [0.717, 1.165) is 10.7 Å². The van der Waals surface area contributed by atoms with E-state index < -0.39 is 0 Å². The molecule has 2 heterocycles. The van der Waals surface area contributed by atoms with Gasteiger partial charge >= 0.3 is 0 Å². The first-order chi connectivity index (χ1) is 9.90. The van der Waals surface area contributed by atoms with Gasteiger partial charge in [-0.3, -0.25) is 4.79 Å². The zero-order valence-electron chi connectivity index (χ0n) is 13.4. The number of thiazole rings is 1. The van der Waals surface area contributed by atoms with Crippen LogP contribution >= 0.6 is 11.3 Å². The van der Waals surface area contributed by atoms with Gasteiger partial charge in [0.1, 0.15) is 5.01 Å². The summed E-state index contributed by atoms with van der Waals surface area (Å²) in [5.74, 6) is 0.202. The Labute approximate surface area is 130 Å². The molecule has 1 amide bonds. The summed E-state index contributed by atoms with van der Waals surface area (Å²) in [7, 11) is 0. The average Bonchev–Trinajstić information content (AvgIpc) is 2.80. The Kier molecular flexibility index (Phi) is 5.35. The molecule has 2 rings (SSSR count). The fourth-order valence-electron chi connectivity index (χ4n) is 2.27. The topological polar surface area (TPSA) is 54.5 Å². The van der Waals surface area contributed by atoms with E-state index >= 15 is 0 Å². The summed E-state index contributed by atoms with van der Waals surface area (Å²) >= 11 is 1.72. The first-order valence-corrected chi connectivity index (χ1v) is 8.27. The quantitative estimate of drug-likeness (QED) is 0.901. The number of ether oxygens (including phenoxy) is 1. The summed E-state index contributed by atoms with van der Waals surface area (Å²) in [6.45, 7) is 11.8. The standard InChI is InChI=1S/C15H25N3O2S/c1-11-12(2)21-14(17-11)15(3,4)16-6-5-13(19)18-7-9-20-10-8-18/h16H,5-10H2,1-4H3. The molecule has 6 heteroatoms. The molecule has 1 aliphatic rings. The number of aryl methyl sites for hydroxylation is 2. The Hall–Kier alpha value is -0.980. The van der Waals surface area contributed by atoms with Crippen LogP contribution in [0.3, 0.4) is 0 Å². The summed E-state index contributed by atoms with van der Waals surface area (Å²) < 4.78 is 5.26. The Morgan fingerprint density at radius 3 is 2.62 bits per heavy atom. The minimum absolute atomic E-state index is 0.199. The molecule has 118 valence electrons. The Bertz CT molecular complexity index is 474. The average molecular weight is 311 g/mol. The molecule has 1 aliphatic heterocycles. The van der Waals surface area contributed by atoms with Crippen LogP contribution in [0.1, 0.15) is 35.8 Å². The van der Waals surface area contributed by atoms with Gasteiger partial charge in [-0.05, 0) is 27.7 Å². The van der Waals surface area contributed by atoms with E-state index in [0.29, 0.717) is 39.3 Å². The molecule has 0 unspecified atom stereocenters. The number of morpholine rings is 1. The smallest absolute Gasteiger partial charge is 0.224 e. The molecular formula is C15H25N3O2S. The number of rotatable bonds is 5. The van der Waals surface area contributed by atoms with Crippen molar-refractivity contribution < 1.29 is 9.53 Å². The molecule has 0 saturated carbocycles. The first-order valence-electron chi connectivity index (χ1n) is 7.45. The minimum atomic E-state index is -0.199. The fraction of sp³-hybridized carbons (Fsp3) is 0.733. The van der Waals surface area contributed by atoms with Gasteiger partial charge in [-0.2, -0.15) is 0 Å². The van der Waals surface area contributed by atoms with Gasteiger partial charge in [-0.15, -0.1) is 11.3 Å². The summed E-state index contributed by atoms with van der Waals surface area (Å²) in [5.41, 5.74) is 0.892. The van der Waals surface area contributed by atoms with Gasteiger partial charge in [0.05, 0.1) is 24.4 Å². The van der Waals surface area contributed by atoms with Gasteiger partial charge in [0.25, 0.3) is 0 Å². The zero-order valence-corrected chi connectivity index (χ0v) is 14.2. The largest absolute Gasteiger partial charge is 0.378 e. The molecule has 1 aromatic rings. The normalized spacial score (nSPS) is 16.3. The monoisotopic (exact) mass is 311 g/mol. The highest BCUT2D eigenvalue weighted by Gasteiger charge is 2.25. The molecule has 5 nitrogen and oxygen atoms in total. The summed E-state index contributed by atoms with van der Waals surface area (Å²) in [6.07, 6.45) is 0.521. The van der Waals surface area contributed by atoms with Gasteiger partial charge < -0.3 is 15.0 Å². The van der Waals surface area contributed by atoms with Crippen LogP contribution in [0.15, 0.2) is 0 Å². The van der Waals surface area contributed by atoms with Crippen molar-refractivity contribution in [2.75, 3.05) is 32.8 Å². The van der Waals surface area contributed by atoms with Gasteiger partial charge in [0.15, 0.2) is 0 Å². The van der Waals surface area contributed by atoms with Crippen molar-refractivity contribution in [3.63, 3.8) is 0 Å². The van der Waals surface area contributed by atoms with E-state index in [-0.39, 0.29) is 11.4 Å². The van der Waals surface area contributed by atoms with Crippen LogP contribution in [0.2, 0.25) is 0 Å². The highest BCUT2D eigenvalue weighted by molar-refractivity contribution is 7.11. The Morgan fingerprint density at radius 2 is 2.05 bits per heavy atom. The predicted octanol–water partition coefficient (Wildman–Crippen LogP) is 1.83. The number of amides is 1. The Balaban J connectivity index is 1.82. The number of carbonyl (C=O) groups is 1. The van der Waals surface area contributed by atoms with E-state index in [9.17, 15) is 4.79 Å². The van der Waals surface area contributed by atoms with E-state index in [4.69, 9.17) is 4.74 Å². The van der Waals surface area contributed by atoms with Crippen LogP contribution in [-0.4, -0.2) is 48.6 Å². The molecular weight excluding hydrogens is 286 g/mol. The summed E-state index contributed by atoms with van der Waals surface area (Å²) in [6, 6.07) is 0. The zero-order chi connectivity index (χ0) is 15.5. The molecule has 0 radical (unpaired) electrons. The van der Waals surface area contributed by atoms with E-state index in [1.54, 1.807) is 11.3 Å². The second kappa shape index (κ2) is 6.85. The van der Waals surface area contributed by atoms with Crippen molar-refractivity contribution in [1.82, 2.24) is 15.2 Å². The molecule has 0 atom stereocenters. The van der Waals surface area contributed by atoms with E-state index in [2.05, 4.69) is 31.1 Å². The SMILES string of the molecule is Cc1nc(C(C)(C)NCCC(=O)N2CCOCC2)sc1C. The molecule has 0 aromatic carbocycles. The van der Waals surface area contributed by atoms with Crippen LogP contribution in [-0.2, 0) is 15.1 Å². The van der Waals surface area contributed by atoms with Crippen LogP contribution in [0.25, 0.3) is 0 Å². The van der Waals surface area contributed by atoms with Crippen molar-refractivity contribution in [1.29, 1.82) is 0 Å². The fourth-order valence-corrected chi connectivity index (χ4v) is 3.26. The molecule has 0 aliphatic carbocycles. The number of hydrogen-bond acceptors (Lipinski definition) is 5. The lowest BCUT2D eigenvalue weighted by Gasteiger charge is -2.28. The van der Waals surface area contributed by atoms with Crippen molar-refractivity contribution in [2.24, 2.45) is 0 Å². The molecule has 1 aromatic heterocycles. The van der Waals surface area contributed by atoms with Gasteiger partial charge in [-0.1, -0.05) is 0 Å². The second-order valence-electron chi connectivity index (χ2n) is 5.96. The number of nitrogens with zero attached hydrogens (tertiary/aromatic N) is 2. The minimum Gasteiger partial charge on any atom is -0.378 e. The molecule has 21 heavy (non-hydrogen) atoms. The summed E-state index contributed by atoms with van der Waals surface area (Å²) in [5, 5.41) is 4.53. The predicted molar refractivity (Wildman–Crippen MR) is 84.6 cm³/mol. The maximum absolute atomic E-state index is 12.1. The lowest BCUT2D eigenvalue weighted by molar-refractivity contribution is -0.135. The maximum atomic E-state index is 12.1. The maximum Gasteiger partial charge on any atom is 0.224 e. The second-order valence-corrected chi connectivity index (χ2v) is 7.16. The van der Waals surface area contributed by atoms with Crippen LogP contribution in [0.4, 0.5) is 0 Å². The van der Waals surface area contributed by atoms with Crippen molar-refractivity contribution >= 4 is 17.2 Å². The lowest BCUT2D eigenvalue weighted by Crippen LogP contribution is -2.43. The molecule has 0 spiro atoms.